The van der Waals surface area contributed by atoms with Gasteiger partial charge in [-0.1, -0.05) is 12.1 Å². The maximum absolute atomic E-state index is 9.56. The zero-order valence-electron chi connectivity index (χ0n) is 11.8. The van der Waals surface area contributed by atoms with Crippen molar-refractivity contribution in [1.29, 1.82) is 0 Å². The van der Waals surface area contributed by atoms with Crippen molar-refractivity contribution in [1.82, 2.24) is 0 Å². The molecule has 2 aromatic carbocycles. The molecule has 0 amide bonds. The molecule has 0 saturated heterocycles. The van der Waals surface area contributed by atoms with Crippen LogP contribution in [0.15, 0.2) is 46.9 Å². The molecule has 0 aliphatic rings. The SMILES string of the molecule is C[C@H](O)c1ccc(Oc2cccc(N(C)C)c2)c(Br)c1. The molecule has 0 spiro atoms. The molecule has 0 saturated carbocycles. The molecule has 0 radical (unpaired) electrons. The predicted octanol–water partition coefficient (Wildman–Crippen LogP) is 4.36. The summed E-state index contributed by atoms with van der Waals surface area (Å²) in [5.41, 5.74) is 1.94. The van der Waals surface area contributed by atoms with Gasteiger partial charge in [0.1, 0.15) is 11.5 Å². The highest BCUT2D eigenvalue weighted by Crippen LogP contribution is 2.33. The van der Waals surface area contributed by atoms with E-state index in [0.29, 0.717) is 0 Å². The molecule has 0 aliphatic carbocycles. The van der Waals surface area contributed by atoms with Crippen LogP contribution in [0.1, 0.15) is 18.6 Å². The standard InChI is InChI=1S/C16H18BrNO2/c1-11(19)12-7-8-16(15(17)9-12)20-14-6-4-5-13(10-14)18(2)3/h4-11,19H,1-3H3/t11-/m0/s1. The van der Waals surface area contributed by atoms with Crippen molar-refractivity contribution < 1.29 is 9.84 Å². The van der Waals surface area contributed by atoms with Crippen LogP contribution >= 0.6 is 15.9 Å². The molecular formula is C16H18BrNO2. The molecule has 0 aliphatic heterocycles. The van der Waals surface area contributed by atoms with Gasteiger partial charge < -0.3 is 14.7 Å². The Hall–Kier alpha value is -1.52. The summed E-state index contributed by atoms with van der Waals surface area (Å²) in [6.45, 7) is 1.74. The quantitative estimate of drug-likeness (QED) is 0.900. The molecule has 2 aromatic rings. The number of hydrogen-bond acceptors (Lipinski definition) is 3. The second-order valence-corrected chi connectivity index (χ2v) is 5.71. The summed E-state index contributed by atoms with van der Waals surface area (Å²) >= 11 is 3.47. The fourth-order valence-electron chi connectivity index (χ4n) is 1.81. The number of benzene rings is 2. The molecule has 0 heterocycles. The Balaban J connectivity index is 2.24. The van der Waals surface area contributed by atoms with Gasteiger partial charge in [-0.3, -0.25) is 0 Å². The van der Waals surface area contributed by atoms with E-state index < -0.39 is 6.10 Å². The first-order valence-electron chi connectivity index (χ1n) is 6.40. The number of ether oxygens (including phenoxy) is 1. The van der Waals surface area contributed by atoms with Crippen molar-refractivity contribution >= 4 is 21.6 Å². The molecule has 2 rings (SSSR count). The average Bonchev–Trinajstić information content (AvgIpc) is 2.41. The summed E-state index contributed by atoms with van der Waals surface area (Å²) in [5, 5.41) is 9.56. The molecule has 0 unspecified atom stereocenters. The lowest BCUT2D eigenvalue weighted by atomic mass is 10.1. The largest absolute Gasteiger partial charge is 0.456 e. The van der Waals surface area contributed by atoms with Gasteiger partial charge in [0.05, 0.1) is 10.6 Å². The highest BCUT2D eigenvalue weighted by atomic mass is 79.9. The predicted molar refractivity (Wildman–Crippen MR) is 85.6 cm³/mol. The van der Waals surface area contributed by atoms with Crippen LogP contribution in [0.5, 0.6) is 11.5 Å². The van der Waals surface area contributed by atoms with Gasteiger partial charge in [0.25, 0.3) is 0 Å². The van der Waals surface area contributed by atoms with Crippen LogP contribution in [0.4, 0.5) is 5.69 Å². The van der Waals surface area contributed by atoms with E-state index in [1.54, 1.807) is 6.92 Å². The summed E-state index contributed by atoms with van der Waals surface area (Å²) in [4.78, 5) is 2.03. The summed E-state index contributed by atoms with van der Waals surface area (Å²) < 4.78 is 6.70. The van der Waals surface area contributed by atoms with Crippen LogP contribution in [-0.4, -0.2) is 19.2 Å². The lowest BCUT2D eigenvalue weighted by molar-refractivity contribution is 0.199. The minimum absolute atomic E-state index is 0.489. The number of hydrogen-bond donors (Lipinski definition) is 1. The molecule has 1 atom stereocenters. The van der Waals surface area contributed by atoms with Gasteiger partial charge in [0.2, 0.25) is 0 Å². The lowest BCUT2D eigenvalue weighted by Crippen LogP contribution is -2.08. The maximum atomic E-state index is 9.56. The van der Waals surface area contributed by atoms with E-state index in [1.165, 1.54) is 0 Å². The Bertz CT molecular complexity index is 597. The smallest absolute Gasteiger partial charge is 0.141 e. The average molecular weight is 336 g/mol. The first-order chi connectivity index (χ1) is 9.47. The van der Waals surface area contributed by atoms with Gasteiger partial charge in [0, 0.05) is 25.8 Å². The second-order valence-electron chi connectivity index (χ2n) is 4.86. The minimum Gasteiger partial charge on any atom is -0.456 e. The van der Waals surface area contributed by atoms with Crippen LogP contribution in [0.3, 0.4) is 0 Å². The zero-order chi connectivity index (χ0) is 14.7. The van der Waals surface area contributed by atoms with Gasteiger partial charge in [-0.2, -0.15) is 0 Å². The third kappa shape index (κ3) is 3.52. The van der Waals surface area contributed by atoms with Crippen LogP contribution in [0, 0.1) is 0 Å². The van der Waals surface area contributed by atoms with Crippen molar-refractivity contribution in [2.24, 2.45) is 0 Å². The molecule has 20 heavy (non-hydrogen) atoms. The van der Waals surface area contributed by atoms with E-state index in [0.717, 1.165) is 27.2 Å². The lowest BCUT2D eigenvalue weighted by Gasteiger charge is -2.15. The second kappa shape index (κ2) is 6.29. The van der Waals surface area contributed by atoms with E-state index in [9.17, 15) is 5.11 Å². The summed E-state index contributed by atoms with van der Waals surface area (Å²) in [7, 11) is 3.99. The third-order valence-electron chi connectivity index (χ3n) is 3.00. The molecule has 3 nitrogen and oxygen atoms in total. The summed E-state index contributed by atoms with van der Waals surface area (Å²) in [6, 6.07) is 13.5. The van der Waals surface area contributed by atoms with Gasteiger partial charge in [0.15, 0.2) is 0 Å². The number of aliphatic hydroxyl groups is 1. The van der Waals surface area contributed by atoms with E-state index in [4.69, 9.17) is 4.74 Å². The maximum Gasteiger partial charge on any atom is 0.141 e. The topological polar surface area (TPSA) is 32.7 Å². The highest BCUT2D eigenvalue weighted by molar-refractivity contribution is 9.10. The molecule has 0 bridgehead atoms. The Morgan fingerprint density at radius 3 is 2.50 bits per heavy atom. The van der Waals surface area contributed by atoms with Gasteiger partial charge in [-0.15, -0.1) is 0 Å². The van der Waals surface area contributed by atoms with E-state index in [-0.39, 0.29) is 0 Å². The number of anilines is 1. The van der Waals surface area contributed by atoms with Crippen LogP contribution < -0.4 is 9.64 Å². The first-order valence-corrected chi connectivity index (χ1v) is 7.19. The molecule has 0 fully saturated rings. The summed E-state index contributed by atoms with van der Waals surface area (Å²) in [6.07, 6.45) is -0.489. The Labute approximate surface area is 127 Å². The molecule has 0 aromatic heterocycles. The van der Waals surface area contributed by atoms with Gasteiger partial charge >= 0.3 is 0 Å². The Morgan fingerprint density at radius 1 is 1.15 bits per heavy atom. The number of rotatable bonds is 4. The normalized spacial score (nSPS) is 12.1. The zero-order valence-corrected chi connectivity index (χ0v) is 13.4. The Morgan fingerprint density at radius 2 is 1.90 bits per heavy atom. The van der Waals surface area contributed by atoms with Crippen molar-refractivity contribution in [3.63, 3.8) is 0 Å². The van der Waals surface area contributed by atoms with Crippen molar-refractivity contribution in [2.75, 3.05) is 19.0 Å². The van der Waals surface area contributed by atoms with Crippen molar-refractivity contribution in [2.45, 2.75) is 13.0 Å². The van der Waals surface area contributed by atoms with Crippen LogP contribution in [-0.2, 0) is 0 Å². The summed E-state index contributed by atoms with van der Waals surface area (Å²) in [5.74, 6) is 1.51. The molecular weight excluding hydrogens is 318 g/mol. The van der Waals surface area contributed by atoms with Gasteiger partial charge in [-0.25, -0.2) is 0 Å². The van der Waals surface area contributed by atoms with E-state index in [2.05, 4.69) is 15.9 Å². The van der Waals surface area contributed by atoms with E-state index >= 15 is 0 Å². The molecule has 4 heteroatoms. The van der Waals surface area contributed by atoms with Crippen molar-refractivity contribution in [3.05, 3.63) is 52.5 Å². The monoisotopic (exact) mass is 335 g/mol. The minimum atomic E-state index is -0.489. The fourth-order valence-corrected chi connectivity index (χ4v) is 2.29. The fraction of sp³-hybridized carbons (Fsp3) is 0.250. The first kappa shape index (κ1) is 14.9. The van der Waals surface area contributed by atoms with Crippen molar-refractivity contribution in [3.8, 4) is 11.5 Å². The molecule has 1 N–H and O–H groups in total. The molecule has 106 valence electrons. The third-order valence-corrected chi connectivity index (χ3v) is 3.62. The number of halogens is 1. The Kier molecular flexibility index (Phi) is 4.68. The van der Waals surface area contributed by atoms with Gasteiger partial charge in [-0.05, 0) is 52.7 Å². The van der Waals surface area contributed by atoms with Crippen LogP contribution in [0.25, 0.3) is 0 Å². The number of nitrogens with zero attached hydrogens (tertiary/aromatic N) is 1. The highest BCUT2D eigenvalue weighted by Gasteiger charge is 2.08. The van der Waals surface area contributed by atoms with Crippen LogP contribution in [0.2, 0.25) is 0 Å². The van der Waals surface area contributed by atoms with E-state index in [1.807, 2.05) is 61.5 Å². The number of aliphatic hydroxyl groups excluding tert-OH is 1.